The number of aliphatic hydroxyl groups is 1. The van der Waals surface area contributed by atoms with E-state index >= 15 is 0 Å². The van der Waals surface area contributed by atoms with E-state index in [0.29, 0.717) is 16.6 Å². The molecule has 0 radical (unpaired) electrons. The number of aromatic nitrogens is 1. The molecule has 0 bridgehead atoms. The molecule has 1 fully saturated rings. The molecule has 4 rings (SSSR count). The van der Waals surface area contributed by atoms with Crippen molar-refractivity contribution in [3.05, 3.63) is 59.9 Å². The minimum atomic E-state index is -1.12. The van der Waals surface area contributed by atoms with Crippen LogP contribution < -0.4 is 5.32 Å². The monoisotopic (exact) mass is 429 g/mol. The first-order valence-electron chi connectivity index (χ1n) is 9.82. The molecule has 31 heavy (non-hydrogen) atoms. The van der Waals surface area contributed by atoms with Crippen LogP contribution in [0, 0.1) is 34.7 Å². The third-order valence-corrected chi connectivity index (χ3v) is 5.24. The number of amides is 1. The fraction of sp³-hybridized carbons (Fsp3) is 0.304. The van der Waals surface area contributed by atoms with Gasteiger partial charge in [-0.05, 0) is 61.7 Å². The van der Waals surface area contributed by atoms with Crippen molar-refractivity contribution >= 4 is 16.8 Å². The number of rotatable bonds is 4. The number of aromatic amines is 1. The maximum Gasteiger partial charge on any atom is 0.224 e. The first-order valence-corrected chi connectivity index (χ1v) is 9.82. The molecule has 162 valence electrons. The number of halogens is 3. The lowest BCUT2D eigenvalue weighted by atomic mass is 9.84. The number of H-pyrrole nitrogens is 1. The van der Waals surface area contributed by atoms with Crippen molar-refractivity contribution in [2.75, 3.05) is 6.61 Å². The van der Waals surface area contributed by atoms with Gasteiger partial charge in [-0.25, -0.2) is 13.2 Å². The van der Waals surface area contributed by atoms with Crippen molar-refractivity contribution < 1.29 is 23.1 Å². The smallest absolute Gasteiger partial charge is 0.224 e. The molecule has 3 N–H and O–H groups in total. The molecule has 3 aromatic rings. The number of fused-ring (bicyclic) bond motifs is 1. The summed E-state index contributed by atoms with van der Waals surface area (Å²) in [6, 6.07) is 11.4. The Hall–Kier alpha value is -3.31. The van der Waals surface area contributed by atoms with Crippen molar-refractivity contribution in [3.8, 4) is 17.3 Å². The Morgan fingerprint density at radius 3 is 2.42 bits per heavy atom. The summed E-state index contributed by atoms with van der Waals surface area (Å²) >= 11 is 0. The highest BCUT2D eigenvalue weighted by atomic mass is 19.1. The van der Waals surface area contributed by atoms with Gasteiger partial charge in [-0.3, -0.25) is 4.79 Å². The first kappa shape index (κ1) is 22.4. The van der Waals surface area contributed by atoms with Gasteiger partial charge in [0.25, 0.3) is 0 Å². The molecule has 1 saturated carbocycles. The maximum absolute atomic E-state index is 13.5. The summed E-state index contributed by atoms with van der Waals surface area (Å²) in [4.78, 5) is 14.2. The summed E-state index contributed by atoms with van der Waals surface area (Å²) in [7, 11) is 0. The van der Waals surface area contributed by atoms with Crippen molar-refractivity contribution in [1.82, 2.24) is 10.3 Å². The number of carbonyl (C=O) groups is 1. The minimum absolute atomic E-state index is 0.0548. The number of aliphatic hydroxyl groups excluding tert-OH is 1. The van der Waals surface area contributed by atoms with Gasteiger partial charge < -0.3 is 15.4 Å². The predicted molar refractivity (Wildman–Crippen MR) is 110 cm³/mol. The second-order valence-corrected chi connectivity index (χ2v) is 7.76. The van der Waals surface area contributed by atoms with Crippen LogP contribution in [0.5, 0.6) is 0 Å². The van der Waals surface area contributed by atoms with E-state index in [1.807, 2.05) is 6.07 Å². The largest absolute Gasteiger partial charge is 0.393 e. The summed E-state index contributed by atoms with van der Waals surface area (Å²) < 4.78 is 39.4. The van der Waals surface area contributed by atoms with Crippen LogP contribution in [0.15, 0.2) is 42.5 Å². The van der Waals surface area contributed by atoms with Gasteiger partial charge in [0.1, 0.15) is 23.0 Å². The zero-order valence-corrected chi connectivity index (χ0v) is 16.9. The Labute approximate surface area is 177 Å². The molecule has 2 aromatic carbocycles. The number of carbonyl (C=O) groups excluding carboxylic acids is 1. The van der Waals surface area contributed by atoms with Crippen molar-refractivity contribution in [2.24, 2.45) is 5.92 Å². The Bertz CT molecular complexity index is 1120. The number of hydrogen-bond donors (Lipinski definition) is 3. The highest BCUT2D eigenvalue weighted by molar-refractivity contribution is 5.86. The molecule has 1 aliphatic rings. The van der Waals surface area contributed by atoms with Gasteiger partial charge in [-0.2, -0.15) is 5.26 Å². The van der Waals surface area contributed by atoms with Gasteiger partial charge in [-0.1, -0.05) is 6.42 Å². The van der Waals surface area contributed by atoms with Crippen LogP contribution in [0.4, 0.5) is 13.2 Å². The van der Waals surface area contributed by atoms with Crippen molar-refractivity contribution in [2.45, 2.75) is 31.7 Å². The van der Waals surface area contributed by atoms with Crippen LogP contribution in [0.25, 0.3) is 22.2 Å². The Morgan fingerprint density at radius 1 is 1.19 bits per heavy atom. The van der Waals surface area contributed by atoms with Crippen LogP contribution in [0.3, 0.4) is 0 Å². The molecular weight excluding hydrogens is 407 g/mol. The highest BCUT2D eigenvalue weighted by Crippen LogP contribution is 2.27. The molecule has 1 heterocycles. The predicted octanol–water partition coefficient (Wildman–Crippen LogP) is 4.43. The van der Waals surface area contributed by atoms with Crippen molar-refractivity contribution in [3.63, 3.8) is 0 Å². The Kier molecular flexibility index (Phi) is 6.66. The second kappa shape index (κ2) is 9.23. The summed E-state index contributed by atoms with van der Waals surface area (Å²) in [5.74, 6) is -1.65. The van der Waals surface area contributed by atoms with E-state index in [9.17, 15) is 18.0 Å². The quantitative estimate of drug-likeness (QED) is 0.573. The SMILES string of the molecule is CC(C#N)(CO)NC(=O)C1CCC1.Fc1ccc(-c2cc3cc(F)cc(F)c3[nH]2)cc1. The molecule has 5 nitrogen and oxygen atoms in total. The van der Waals surface area contributed by atoms with Gasteiger partial charge in [0.2, 0.25) is 5.91 Å². The van der Waals surface area contributed by atoms with Crippen LogP contribution in [0.1, 0.15) is 26.2 Å². The normalized spacial score (nSPS) is 15.2. The lowest BCUT2D eigenvalue weighted by Gasteiger charge is -2.28. The summed E-state index contributed by atoms with van der Waals surface area (Å²) in [6.07, 6.45) is 2.89. The summed E-state index contributed by atoms with van der Waals surface area (Å²) in [5, 5.41) is 20.5. The molecular formula is C23H22F3N3O2. The molecule has 0 saturated heterocycles. The van der Waals surface area contributed by atoms with Crippen LogP contribution in [-0.2, 0) is 4.79 Å². The number of nitrogens with zero attached hydrogens (tertiary/aromatic N) is 1. The van der Waals surface area contributed by atoms with E-state index in [1.54, 1.807) is 18.2 Å². The first-order chi connectivity index (χ1) is 14.7. The topological polar surface area (TPSA) is 88.9 Å². The van der Waals surface area contributed by atoms with E-state index in [1.165, 1.54) is 25.1 Å². The zero-order chi connectivity index (χ0) is 22.6. The lowest BCUT2D eigenvalue weighted by Crippen LogP contribution is -2.50. The van der Waals surface area contributed by atoms with Gasteiger partial charge in [0, 0.05) is 23.1 Å². The van der Waals surface area contributed by atoms with E-state index in [4.69, 9.17) is 10.4 Å². The van der Waals surface area contributed by atoms with Gasteiger partial charge in [-0.15, -0.1) is 0 Å². The number of nitriles is 1. The molecule has 8 heteroatoms. The number of nitrogens with one attached hydrogen (secondary N) is 2. The standard InChI is InChI=1S/C14H8F3N.C9H14N2O2/c15-10-3-1-8(2-4-10)13-6-9-5-11(16)7-12(17)14(9)18-13;1-9(5-10,6-12)11-8(13)7-3-2-4-7/h1-7,18H;7,12H,2-4,6H2,1H3,(H,11,13). The number of benzene rings is 2. The second-order valence-electron chi connectivity index (χ2n) is 7.76. The highest BCUT2D eigenvalue weighted by Gasteiger charge is 2.31. The summed E-state index contributed by atoms with van der Waals surface area (Å²) in [5.41, 5.74) is 0.463. The van der Waals surface area contributed by atoms with Crippen LogP contribution in [-0.4, -0.2) is 28.1 Å². The molecule has 1 aliphatic carbocycles. The molecule has 1 unspecified atom stereocenters. The van der Waals surface area contributed by atoms with Gasteiger partial charge in [0.15, 0.2) is 0 Å². The van der Waals surface area contributed by atoms with Gasteiger partial charge >= 0.3 is 0 Å². The molecule has 0 spiro atoms. The fourth-order valence-corrected chi connectivity index (χ4v) is 3.10. The van der Waals surface area contributed by atoms with Gasteiger partial charge in [0.05, 0.1) is 18.2 Å². The molecule has 1 amide bonds. The van der Waals surface area contributed by atoms with E-state index in [0.717, 1.165) is 25.3 Å². The van der Waals surface area contributed by atoms with Crippen molar-refractivity contribution in [1.29, 1.82) is 5.26 Å². The maximum atomic E-state index is 13.5. The average molecular weight is 429 g/mol. The van der Waals surface area contributed by atoms with Crippen LogP contribution in [0.2, 0.25) is 0 Å². The fourth-order valence-electron chi connectivity index (χ4n) is 3.10. The van der Waals surface area contributed by atoms with E-state index in [-0.39, 0.29) is 29.8 Å². The lowest BCUT2D eigenvalue weighted by molar-refractivity contribution is -0.129. The molecule has 0 aliphatic heterocycles. The minimum Gasteiger partial charge on any atom is -0.393 e. The Balaban J connectivity index is 0.000000187. The third-order valence-electron chi connectivity index (χ3n) is 5.24. The Morgan fingerprint density at radius 2 is 1.87 bits per heavy atom. The summed E-state index contributed by atoms with van der Waals surface area (Å²) in [6.45, 7) is 1.17. The molecule has 1 atom stereocenters. The van der Waals surface area contributed by atoms with E-state index < -0.39 is 17.2 Å². The van der Waals surface area contributed by atoms with E-state index in [2.05, 4.69) is 10.3 Å². The molecule has 1 aromatic heterocycles. The third kappa shape index (κ3) is 5.25. The number of hydrogen-bond acceptors (Lipinski definition) is 3. The average Bonchev–Trinajstić information content (AvgIpc) is 3.12. The van der Waals surface area contributed by atoms with Crippen LogP contribution >= 0.6 is 0 Å². The zero-order valence-electron chi connectivity index (χ0n) is 16.9.